The van der Waals surface area contributed by atoms with Crippen molar-refractivity contribution in [3.05, 3.63) is 66.1 Å². The number of fused-ring (bicyclic) bond motifs is 1. The van der Waals surface area contributed by atoms with E-state index in [1.165, 1.54) is 16.6 Å². The fourth-order valence-electron chi connectivity index (χ4n) is 5.19. The smallest absolute Gasteiger partial charge is 0.229 e. The summed E-state index contributed by atoms with van der Waals surface area (Å²) in [6, 6.07) is 9.52. The zero-order valence-electron chi connectivity index (χ0n) is 22.9. The Morgan fingerprint density at radius 3 is 2.71 bits per heavy atom. The first-order valence-electron chi connectivity index (χ1n) is 13.5. The summed E-state index contributed by atoms with van der Waals surface area (Å²) < 4.78 is 42.7. The minimum Gasteiger partial charge on any atom is -0.377 e. The van der Waals surface area contributed by atoms with Crippen LogP contribution in [0, 0.1) is 28.9 Å². The quantitative estimate of drug-likeness (QED) is 0.270. The van der Waals surface area contributed by atoms with Gasteiger partial charge in [0.25, 0.3) is 0 Å². The minimum atomic E-state index is -0.721. The molecule has 10 nitrogen and oxygen atoms in total. The van der Waals surface area contributed by atoms with Gasteiger partial charge in [0.05, 0.1) is 72.4 Å². The zero-order chi connectivity index (χ0) is 28.9. The lowest BCUT2D eigenvalue weighted by molar-refractivity contribution is -0.00331. The van der Waals surface area contributed by atoms with E-state index in [-0.39, 0.29) is 35.9 Å². The number of anilines is 3. The van der Waals surface area contributed by atoms with Gasteiger partial charge in [-0.2, -0.15) is 14.9 Å². The number of ether oxygens (including phenoxy) is 2. The second-order valence-corrected chi connectivity index (χ2v) is 10.0. The van der Waals surface area contributed by atoms with Crippen molar-refractivity contribution in [1.82, 2.24) is 19.6 Å². The summed E-state index contributed by atoms with van der Waals surface area (Å²) in [7, 11) is 0. The lowest BCUT2D eigenvalue weighted by atomic mass is 9.92. The van der Waals surface area contributed by atoms with E-state index >= 15 is 8.78 Å². The van der Waals surface area contributed by atoms with Crippen LogP contribution in [-0.4, -0.2) is 58.0 Å². The number of nitrogens with two attached hydrogens (primary N) is 1. The van der Waals surface area contributed by atoms with Crippen LogP contribution in [0.5, 0.6) is 0 Å². The molecule has 3 aromatic heterocycles. The standard InChI is InChI=1S/C29H32F2N8O2/c1-3-40-17-19-11-21(30)27(22(31)12-19)24-6-5-20-13-35-29(39(20)37-24)36-25-14-34-9-7-26(25)38-15-18(2)28(23(33)16-38)41-10-4-8-32/h5-7,9,11-14,18,23,28H,3-4,10,15-17,33H2,1-2H3,(H,35,36)/t18-,23+,28-/m0/s1. The first-order valence-corrected chi connectivity index (χ1v) is 13.5. The van der Waals surface area contributed by atoms with Crippen molar-refractivity contribution in [3.63, 3.8) is 0 Å². The highest BCUT2D eigenvalue weighted by Crippen LogP contribution is 2.32. The van der Waals surface area contributed by atoms with Crippen molar-refractivity contribution >= 4 is 22.8 Å². The van der Waals surface area contributed by atoms with Crippen molar-refractivity contribution in [3.8, 4) is 17.3 Å². The summed E-state index contributed by atoms with van der Waals surface area (Å²) in [5, 5.41) is 16.6. The maximum Gasteiger partial charge on any atom is 0.229 e. The van der Waals surface area contributed by atoms with Gasteiger partial charge >= 0.3 is 0 Å². The van der Waals surface area contributed by atoms with E-state index in [1.54, 1.807) is 30.7 Å². The fraction of sp³-hybridized carbons (Fsp3) is 0.379. The van der Waals surface area contributed by atoms with Crippen molar-refractivity contribution < 1.29 is 18.3 Å². The Morgan fingerprint density at radius 2 is 1.98 bits per heavy atom. The molecular weight excluding hydrogens is 530 g/mol. The number of rotatable bonds is 10. The molecule has 3 N–H and O–H groups in total. The van der Waals surface area contributed by atoms with Crippen molar-refractivity contribution in [2.75, 3.05) is 36.5 Å². The highest BCUT2D eigenvalue weighted by atomic mass is 19.1. The van der Waals surface area contributed by atoms with Gasteiger partial charge < -0.3 is 25.4 Å². The Labute approximate surface area is 236 Å². The van der Waals surface area contributed by atoms with Crippen LogP contribution in [0.1, 0.15) is 25.8 Å². The number of halogens is 2. The van der Waals surface area contributed by atoms with E-state index in [9.17, 15) is 0 Å². The number of benzene rings is 1. The van der Waals surface area contributed by atoms with Crippen LogP contribution in [0.2, 0.25) is 0 Å². The maximum absolute atomic E-state index is 15.0. The van der Waals surface area contributed by atoms with Gasteiger partial charge in [-0.15, -0.1) is 0 Å². The number of imidazole rings is 1. The van der Waals surface area contributed by atoms with Crippen LogP contribution < -0.4 is 16.0 Å². The Balaban J connectivity index is 1.40. The summed E-state index contributed by atoms with van der Waals surface area (Å²) in [6.07, 6.45) is 5.18. The van der Waals surface area contributed by atoms with E-state index < -0.39 is 11.6 Å². The molecule has 0 unspecified atom stereocenters. The third kappa shape index (κ3) is 6.12. The fourth-order valence-corrected chi connectivity index (χ4v) is 5.19. The van der Waals surface area contributed by atoms with Crippen LogP contribution in [0.15, 0.2) is 48.9 Å². The van der Waals surface area contributed by atoms with Gasteiger partial charge in [-0.05, 0) is 42.8 Å². The molecule has 0 aliphatic carbocycles. The normalized spacial score (nSPS) is 18.9. The molecule has 0 bridgehead atoms. The van der Waals surface area contributed by atoms with E-state index in [4.69, 9.17) is 20.5 Å². The van der Waals surface area contributed by atoms with Gasteiger partial charge in [-0.3, -0.25) is 4.98 Å². The maximum atomic E-state index is 15.0. The first-order chi connectivity index (χ1) is 19.9. The van der Waals surface area contributed by atoms with Crippen molar-refractivity contribution in [2.45, 2.75) is 39.0 Å². The Hall–Kier alpha value is -4.18. The van der Waals surface area contributed by atoms with Crippen LogP contribution in [0.25, 0.3) is 16.8 Å². The third-order valence-corrected chi connectivity index (χ3v) is 7.05. The van der Waals surface area contributed by atoms with Gasteiger partial charge in [-0.1, -0.05) is 6.92 Å². The summed E-state index contributed by atoms with van der Waals surface area (Å²) in [5.41, 5.74) is 8.98. The lowest BCUT2D eigenvalue weighted by Gasteiger charge is -2.42. The van der Waals surface area contributed by atoms with Gasteiger partial charge in [-0.25, -0.2) is 13.8 Å². The summed E-state index contributed by atoms with van der Waals surface area (Å²) in [6.45, 7) is 6.05. The number of pyridine rings is 1. The second-order valence-electron chi connectivity index (χ2n) is 10.0. The highest BCUT2D eigenvalue weighted by Gasteiger charge is 2.34. The van der Waals surface area contributed by atoms with Crippen LogP contribution in [0.3, 0.4) is 0 Å². The van der Waals surface area contributed by atoms with Crippen LogP contribution >= 0.6 is 0 Å². The van der Waals surface area contributed by atoms with Crippen LogP contribution in [-0.2, 0) is 16.1 Å². The van der Waals surface area contributed by atoms with E-state index in [0.717, 1.165) is 5.69 Å². The predicted molar refractivity (Wildman–Crippen MR) is 151 cm³/mol. The van der Waals surface area contributed by atoms with E-state index in [2.05, 4.69) is 38.3 Å². The Bertz CT molecular complexity index is 1520. The Kier molecular flexibility index (Phi) is 8.68. The van der Waals surface area contributed by atoms with Crippen molar-refractivity contribution in [2.24, 2.45) is 11.7 Å². The summed E-state index contributed by atoms with van der Waals surface area (Å²) in [5.74, 6) is -0.959. The molecular formula is C29H32F2N8O2. The van der Waals surface area contributed by atoms with Crippen molar-refractivity contribution in [1.29, 1.82) is 5.26 Å². The molecule has 0 radical (unpaired) electrons. The van der Waals surface area contributed by atoms with E-state index in [1.807, 2.05) is 13.0 Å². The number of nitriles is 1. The van der Waals surface area contributed by atoms with Gasteiger partial charge in [0.1, 0.15) is 11.6 Å². The monoisotopic (exact) mass is 562 g/mol. The minimum absolute atomic E-state index is 0.121. The number of hydrogen-bond donors (Lipinski definition) is 2. The number of piperidine rings is 1. The molecule has 3 atom stereocenters. The molecule has 41 heavy (non-hydrogen) atoms. The average Bonchev–Trinajstić information content (AvgIpc) is 3.35. The molecule has 5 rings (SSSR count). The number of hydrogen-bond acceptors (Lipinski definition) is 9. The zero-order valence-corrected chi connectivity index (χ0v) is 22.9. The molecule has 1 aliphatic heterocycles. The molecule has 0 saturated carbocycles. The van der Waals surface area contributed by atoms with Gasteiger partial charge in [0, 0.05) is 37.9 Å². The SMILES string of the molecule is CCOCc1cc(F)c(-c2ccc3cnc(Nc4cnccc4N4C[C@@H](N)[C@@H](OCCC#N)[C@@H](C)C4)n3n2)c(F)c1. The largest absolute Gasteiger partial charge is 0.377 e. The molecule has 1 aromatic carbocycles. The first kappa shape index (κ1) is 28.4. The number of nitrogens with one attached hydrogen (secondary N) is 1. The van der Waals surface area contributed by atoms with Gasteiger partial charge in [0.15, 0.2) is 0 Å². The third-order valence-electron chi connectivity index (χ3n) is 7.05. The Morgan fingerprint density at radius 1 is 1.17 bits per heavy atom. The number of nitrogens with zero attached hydrogens (tertiary/aromatic N) is 6. The molecule has 1 saturated heterocycles. The molecule has 1 fully saturated rings. The molecule has 1 aliphatic rings. The molecule has 0 amide bonds. The van der Waals surface area contributed by atoms with E-state index in [0.29, 0.717) is 55.4 Å². The summed E-state index contributed by atoms with van der Waals surface area (Å²) in [4.78, 5) is 10.9. The second kappa shape index (κ2) is 12.6. The molecule has 214 valence electrons. The highest BCUT2D eigenvalue weighted by molar-refractivity contribution is 5.74. The molecule has 12 heteroatoms. The molecule has 4 aromatic rings. The lowest BCUT2D eigenvalue weighted by Crippen LogP contribution is -2.56. The topological polar surface area (TPSA) is 127 Å². The molecule has 4 heterocycles. The molecule has 0 spiro atoms. The summed E-state index contributed by atoms with van der Waals surface area (Å²) >= 11 is 0. The van der Waals surface area contributed by atoms with Gasteiger partial charge in [0.2, 0.25) is 5.95 Å². The average molecular weight is 563 g/mol. The van der Waals surface area contributed by atoms with Crippen LogP contribution in [0.4, 0.5) is 26.1 Å². The number of aromatic nitrogens is 4. The predicted octanol–water partition coefficient (Wildman–Crippen LogP) is 4.43.